The monoisotopic (exact) mass is 392 g/mol. The van der Waals surface area contributed by atoms with Crippen LogP contribution in [-0.2, 0) is 14.3 Å². The van der Waals surface area contributed by atoms with E-state index in [4.69, 9.17) is 23.3 Å². The van der Waals surface area contributed by atoms with Gasteiger partial charge >= 0.3 is 8.60 Å². The average Bonchev–Trinajstić information content (AvgIpc) is 2.61. The molecule has 0 aliphatic carbocycles. The molecule has 0 bridgehead atoms. The molecule has 0 unspecified atom stereocenters. The molecule has 0 radical (unpaired) electrons. The normalized spacial score (nSPS) is 12.2. The van der Waals surface area contributed by atoms with Gasteiger partial charge in [-0.3, -0.25) is 4.52 Å². The summed E-state index contributed by atoms with van der Waals surface area (Å²) in [4.78, 5) is 11.0. The molecule has 2 rings (SSSR count). The molecule has 0 heterocycles. The van der Waals surface area contributed by atoms with E-state index < -0.39 is 14.2 Å². The predicted octanol–water partition coefficient (Wildman–Crippen LogP) is 6.30. The fraction of sp³-hybridized carbons (Fsp3) is 0.429. The molecule has 0 atom stereocenters. The van der Waals surface area contributed by atoms with Crippen molar-refractivity contribution in [1.29, 1.82) is 0 Å². The lowest BCUT2D eigenvalue weighted by Gasteiger charge is -2.28. The summed E-state index contributed by atoms with van der Waals surface area (Å²) < 4.78 is 17.7. The van der Waals surface area contributed by atoms with E-state index in [9.17, 15) is 0 Å². The zero-order valence-corrected chi connectivity index (χ0v) is 17.6. The quantitative estimate of drug-likeness (QED) is 0.270. The first-order valence-corrected chi connectivity index (χ1v) is 10.1. The molecule has 2 aromatic carbocycles. The minimum absolute atomic E-state index is 0.364. The van der Waals surface area contributed by atoms with Crippen LogP contribution in [0.5, 0.6) is 11.5 Å². The van der Waals surface area contributed by atoms with Crippen molar-refractivity contribution >= 4 is 8.60 Å². The van der Waals surface area contributed by atoms with Crippen LogP contribution in [0.2, 0.25) is 0 Å². The van der Waals surface area contributed by atoms with E-state index in [2.05, 4.69) is 0 Å². The molecule has 2 aromatic rings. The Labute approximate surface area is 163 Å². The Kier molecular flexibility index (Phi) is 8.06. The second kappa shape index (κ2) is 10.0. The van der Waals surface area contributed by atoms with Gasteiger partial charge in [-0.05, 0) is 58.9 Å². The van der Waals surface area contributed by atoms with Gasteiger partial charge in [0.05, 0.1) is 12.2 Å². The van der Waals surface area contributed by atoms with E-state index in [0.29, 0.717) is 24.5 Å². The Morgan fingerprint density at radius 3 is 1.63 bits per heavy atom. The van der Waals surface area contributed by atoms with Crippen molar-refractivity contribution in [3.8, 4) is 11.5 Å². The van der Waals surface area contributed by atoms with Crippen molar-refractivity contribution in [2.24, 2.45) is 0 Å². The van der Waals surface area contributed by atoms with Crippen molar-refractivity contribution in [1.82, 2.24) is 0 Å². The third-order valence-electron chi connectivity index (χ3n) is 3.26. The first kappa shape index (κ1) is 21.6. The molecule has 0 aliphatic rings. The summed E-state index contributed by atoms with van der Waals surface area (Å²) in [6.07, 6.45) is 0.623. The molecule has 0 aromatic heterocycles. The van der Waals surface area contributed by atoms with E-state index in [1.165, 1.54) is 0 Å². The summed E-state index contributed by atoms with van der Waals surface area (Å²) in [6.45, 7) is 10.2. The highest BCUT2D eigenvalue weighted by molar-refractivity contribution is 7.42. The largest absolute Gasteiger partial charge is 0.463 e. The molecule has 148 valence electrons. The van der Waals surface area contributed by atoms with Gasteiger partial charge in [-0.1, -0.05) is 36.4 Å². The first-order valence-electron chi connectivity index (χ1n) is 8.99. The smallest absolute Gasteiger partial charge is 0.418 e. The SMILES string of the molecule is CC(C)(C)OOC(C)(C)CCOP(Oc1ccccc1)Oc1ccccc1. The van der Waals surface area contributed by atoms with Crippen LogP contribution in [0.15, 0.2) is 60.7 Å². The van der Waals surface area contributed by atoms with Crippen LogP contribution in [0.4, 0.5) is 0 Å². The van der Waals surface area contributed by atoms with Gasteiger partial charge < -0.3 is 9.05 Å². The van der Waals surface area contributed by atoms with Crippen molar-refractivity contribution in [2.75, 3.05) is 6.61 Å². The minimum Gasteiger partial charge on any atom is -0.418 e. The number of rotatable bonds is 10. The van der Waals surface area contributed by atoms with E-state index in [1.54, 1.807) is 0 Å². The second-order valence-corrected chi connectivity index (χ2v) is 8.72. The van der Waals surface area contributed by atoms with Crippen LogP contribution in [0.25, 0.3) is 0 Å². The second-order valence-electron chi connectivity index (χ2n) is 7.65. The Morgan fingerprint density at radius 1 is 0.704 bits per heavy atom. The molecule has 6 heteroatoms. The first-order chi connectivity index (χ1) is 12.7. The van der Waals surface area contributed by atoms with E-state index in [-0.39, 0.29) is 5.60 Å². The highest BCUT2D eigenvalue weighted by atomic mass is 31.2. The van der Waals surface area contributed by atoms with Gasteiger partial charge in [0.15, 0.2) is 0 Å². The van der Waals surface area contributed by atoms with Crippen LogP contribution in [0, 0.1) is 0 Å². The van der Waals surface area contributed by atoms with Gasteiger partial charge in [0.25, 0.3) is 0 Å². The summed E-state index contributed by atoms with van der Waals surface area (Å²) >= 11 is 0. The maximum absolute atomic E-state index is 5.90. The summed E-state index contributed by atoms with van der Waals surface area (Å²) in [5, 5.41) is 0. The minimum atomic E-state index is -1.59. The molecule has 0 N–H and O–H groups in total. The highest BCUT2D eigenvalue weighted by Gasteiger charge is 2.26. The molecule has 27 heavy (non-hydrogen) atoms. The van der Waals surface area contributed by atoms with Gasteiger partial charge in [-0.2, -0.15) is 0 Å². The zero-order valence-electron chi connectivity index (χ0n) is 16.7. The lowest BCUT2D eigenvalue weighted by atomic mass is 10.1. The van der Waals surface area contributed by atoms with Gasteiger partial charge in [0.2, 0.25) is 0 Å². The number of hydrogen-bond donors (Lipinski definition) is 0. The molecule has 0 aliphatic heterocycles. The van der Waals surface area contributed by atoms with Crippen LogP contribution in [0.3, 0.4) is 0 Å². The van der Waals surface area contributed by atoms with Crippen molar-refractivity contribution in [3.05, 3.63) is 60.7 Å². The van der Waals surface area contributed by atoms with Crippen LogP contribution in [-0.4, -0.2) is 17.8 Å². The standard InChI is InChI=1S/C21H29O5P/c1-20(2,3)25-26-21(4,5)16-17-22-27(23-18-12-8-6-9-13-18)24-19-14-10-7-11-15-19/h6-15H,16-17H2,1-5H3. The van der Waals surface area contributed by atoms with Crippen LogP contribution in [0.1, 0.15) is 41.0 Å². The van der Waals surface area contributed by atoms with Crippen LogP contribution < -0.4 is 9.05 Å². The molecule has 0 fully saturated rings. The Hall–Kier alpha value is -1.65. The highest BCUT2D eigenvalue weighted by Crippen LogP contribution is 2.41. The number of hydrogen-bond acceptors (Lipinski definition) is 5. The van der Waals surface area contributed by atoms with Crippen molar-refractivity contribution < 1.29 is 23.3 Å². The zero-order chi connectivity index (χ0) is 19.8. The fourth-order valence-corrected chi connectivity index (χ4v) is 2.82. The third-order valence-corrected chi connectivity index (χ3v) is 4.38. The van der Waals surface area contributed by atoms with Crippen molar-refractivity contribution in [2.45, 2.75) is 52.2 Å². The molecule has 0 spiro atoms. The Morgan fingerprint density at radius 2 is 1.19 bits per heavy atom. The Bertz CT molecular complexity index is 614. The van der Waals surface area contributed by atoms with Crippen LogP contribution >= 0.6 is 8.60 Å². The molecule has 0 saturated heterocycles. The lowest BCUT2D eigenvalue weighted by molar-refractivity contribution is -0.398. The number of para-hydroxylation sites is 2. The summed E-state index contributed by atoms with van der Waals surface area (Å²) in [6, 6.07) is 19.0. The molecule has 0 saturated carbocycles. The molecule has 5 nitrogen and oxygen atoms in total. The average molecular weight is 392 g/mol. The Balaban J connectivity index is 1.91. The summed E-state index contributed by atoms with van der Waals surface area (Å²) in [5.41, 5.74) is -0.856. The lowest BCUT2D eigenvalue weighted by Crippen LogP contribution is -2.31. The summed E-state index contributed by atoms with van der Waals surface area (Å²) in [5.74, 6) is 1.40. The van der Waals surface area contributed by atoms with Gasteiger partial charge in [0.1, 0.15) is 17.1 Å². The molecular weight excluding hydrogens is 363 g/mol. The third kappa shape index (κ3) is 9.21. The fourth-order valence-electron chi connectivity index (χ4n) is 1.85. The molecule has 0 amide bonds. The maximum atomic E-state index is 5.90. The van der Waals surface area contributed by atoms with E-state index >= 15 is 0 Å². The number of benzene rings is 2. The predicted molar refractivity (Wildman–Crippen MR) is 108 cm³/mol. The van der Waals surface area contributed by atoms with Crippen molar-refractivity contribution in [3.63, 3.8) is 0 Å². The van der Waals surface area contributed by atoms with Gasteiger partial charge in [-0.15, -0.1) is 0 Å². The van der Waals surface area contributed by atoms with E-state index in [0.717, 1.165) is 0 Å². The summed E-state index contributed by atoms with van der Waals surface area (Å²) in [7, 11) is -1.59. The molecular formula is C21H29O5P. The maximum Gasteiger partial charge on any atom is 0.463 e. The topological polar surface area (TPSA) is 46.2 Å². The van der Waals surface area contributed by atoms with Gasteiger partial charge in [0, 0.05) is 6.42 Å². The van der Waals surface area contributed by atoms with E-state index in [1.807, 2.05) is 95.3 Å². The van der Waals surface area contributed by atoms with Gasteiger partial charge in [-0.25, -0.2) is 9.78 Å².